The second-order valence-electron chi connectivity index (χ2n) is 2.85. The number of nitrogens with one attached hydrogen (secondary N) is 1. The van der Waals surface area contributed by atoms with Gasteiger partial charge in [-0.05, 0) is 12.1 Å². The van der Waals surface area contributed by atoms with Gasteiger partial charge in [-0.2, -0.15) is 13.2 Å². The Labute approximate surface area is 85.3 Å². The minimum Gasteiger partial charge on any atom is -0.493 e. The van der Waals surface area contributed by atoms with E-state index in [0.717, 1.165) is 0 Å². The normalized spacial score (nSPS) is 11.2. The van der Waals surface area contributed by atoms with Gasteiger partial charge in [0, 0.05) is 12.7 Å². The van der Waals surface area contributed by atoms with Crippen molar-refractivity contribution >= 4 is 5.82 Å². The van der Waals surface area contributed by atoms with E-state index in [2.05, 4.69) is 10.3 Å². The standard InChI is InChI=1S/C9H11F3N2O/c1-15-7-3-2-5-13-8(7)14-6-4-9(10,11)12/h2-3,5H,4,6H2,1H3,(H,13,14). The highest BCUT2D eigenvalue weighted by Crippen LogP contribution is 2.22. The summed E-state index contributed by atoms with van der Waals surface area (Å²) in [5.41, 5.74) is 0. The van der Waals surface area contributed by atoms with Crippen molar-refractivity contribution in [1.82, 2.24) is 4.98 Å². The molecule has 1 aromatic rings. The molecule has 6 heteroatoms. The number of alkyl halides is 3. The SMILES string of the molecule is COc1cccnc1NCCC(F)(F)F. The Balaban J connectivity index is 2.50. The number of methoxy groups -OCH3 is 1. The lowest BCUT2D eigenvalue weighted by molar-refractivity contribution is -0.131. The van der Waals surface area contributed by atoms with Gasteiger partial charge in [0.1, 0.15) is 0 Å². The summed E-state index contributed by atoms with van der Waals surface area (Å²) in [6, 6.07) is 3.27. The summed E-state index contributed by atoms with van der Waals surface area (Å²) in [6.45, 7) is -0.211. The van der Waals surface area contributed by atoms with Crippen LogP contribution in [0.5, 0.6) is 5.75 Å². The zero-order chi connectivity index (χ0) is 11.3. The highest BCUT2D eigenvalue weighted by atomic mass is 19.4. The van der Waals surface area contributed by atoms with Crippen molar-refractivity contribution in [3.05, 3.63) is 18.3 Å². The molecular weight excluding hydrogens is 209 g/mol. The van der Waals surface area contributed by atoms with Gasteiger partial charge in [0.2, 0.25) is 0 Å². The van der Waals surface area contributed by atoms with Gasteiger partial charge in [-0.25, -0.2) is 4.98 Å². The first-order valence-electron chi connectivity index (χ1n) is 4.32. The van der Waals surface area contributed by atoms with Gasteiger partial charge in [-0.3, -0.25) is 0 Å². The van der Waals surface area contributed by atoms with Crippen LogP contribution in [0, 0.1) is 0 Å². The Hall–Kier alpha value is -1.46. The van der Waals surface area contributed by atoms with Crippen molar-refractivity contribution in [3.63, 3.8) is 0 Å². The van der Waals surface area contributed by atoms with Crippen molar-refractivity contribution in [1.29, 1.82) is 0 Å². The third-order valence-electron chi connectivity index (χ3n) is 1.69. The van der Waals surface area contributed by atoms with Gasteiger partial charge in [0.05, 0.1) is 13.5 Å². The Morgan fingerprint density at radius 3 is 2.80 bits per heavy atom. The molecule has 0 aliphatic carbocycles. The average Bonchev–Trinajstić information content (AvgIpc) is 2.16. The monoisotopic (exact) mass is 220 g/mol. The van der Waals surface area contributed by atoms with E-state index < -0.39 is 12.6 Å². The first-order valence-corrected chi connectivity index (χ1v) is 4.32. The molecule has 0 bridgehead atoms. The summed E-state index contributed by atoms with van der Waals surface area (Å²) in [4.78, 5) is 3.87. The summed E-state index contributed by atoms with van der Waals surface area (Å²) in [6.07, 6.45) is -3.57. The minimum atomic E-state index is -4.16. The molecule has 0 amide bonds. The van der Waals surface area contributed by atoms with Gasteiger partial charge in [-0.1, -0.05) is 0 Å². The zero-order valence-electron chi connectivity index (χ0n) is 8.14. The molecule has 0 spiro atoms. The van der Waals surface area contributed by atoms with E-state index >= 15 is 0 Å². The molecule has 0 atom stereocenters. The Morgan fingerprint density at radius 1 is 1.47 bits per heavy atom. The molecule has 3 nitrogen and oxygen atoms in total. The molecule has 0 radical (unpaired) electrons. The van der Waals surface area contributed by atoms with Gasteiger partial charge >= 0.3 is 6.18 Å². The quantitative estimate of drug-likeness (QED) is 0.846. The lowest BCUT2D eigenvalue weighted by atomic mass is 10.4. The van der Waals surface area contributed by atoms with Crippen LogP contribution in [0.1, 0.15) is 6.42 Å². The molecular formula is C9H11F3N2O. The summed E-state index contributed by atoms with van der Waals surface area (Å²) >= 11 is 0. The lowest BCUT2D eigenvalue weighted by Gasteiger charge is -2.10. The predicted octanol–water partition coefficient (Wildman–Crippen LogP) is 2.45. The van der Waals surface area contributed by atoms with E-state index in [1.54, 1.807) is 12.1 Å². The number of hydrogen-bond donors (Lipinski definition) is 1. The topological polar surface area (TPSA) is 34.1 Å². The van der Waals surface area contributed by atoms with Crippen LogP contribution < -0.4 is 10.1 Å². The van der Waals surface area contributed by atoms with Crippen molar-refractivity contribution in [3.8, 4) is 5.75 Å². The molecule has 1 heterocycles. The third kappa shape index (κ3) is 4.05. The van der Waals surface area contributed by atoms with Crippen LogP contribution in [0.3, 0.4) is 0 Å². The molecule has 15 heavy (non-hydrogen) atoms. The van der Waals surface area contributed by atoms with Crippen LogP contribution in [-0.2, 0) is 0 Å². The van der Waals surface area contributed by atoms with E-state index in [4.69, 9.17) is 4.74 Å². The molecule has 1 aromatic heterocycles. The number of anilines is 1. The number of hydrogen-bond acceptors (Lipinski definition) is 3. The maximum atomic E-state index is 11.8. The largest absolute Gasteiger partial charge is 0.493 e. The van der Waals surface area contributed by atoms with Crippen LogP contribution in [0.2, 0.25) is 0 Å². The average molecular weight is 220 g/mol. The first-order chi connectivity index (χ1) is 7.03. The molecule has 0 aromatic carbocycles. The van der Waals surface area contributed by atoms with Crippen molar-refractivity contribution in [2.45, 2.75) is 12.6 Å². The molecule has 0 aliphatic rings. The number of halogens is 3. The van der Waals surface area contributed by atoms with Crippen molar-refractivity contribution in [2.24, 2.45) is 0 Å². The van der Waals surface area contributed by atoms with Gasteiger partial charge < -0.3 is 10.1 Å². The number of ether oxygens (including phenoxy) is 1. The van der Waals surface area contributed by atoms with Crippen molar-refractivity contribution < 1.29 is 17.9 Å². The van der Waals surface area contributed by atoms with E-state index in [1.165, 1.54) is 13.3 Å². The smallest absolute Gasteiger partial charge is 0.390 e. The summed E-state index contributed by atoms with van der Waals surface area (Å²) in [5, 5.41) is 2.56. The lowest BCUT2D eigenvalue weighted by Crippen LogP contribution is -2.15. The molecule has 0 saturated carbocycles. The number of nitrogens with zero attached hydrogens (tertiary/aromatic N) is 1. The van der Waals surface area contributed by atoms with E-state index in [1.807, 2.05) is 0 Å². The van der Waals surface area contributed by atoms with E-state index in [-0.39, 0.29) is 6.54 Å². The maximum absolute atomic E-state index is 11.8. The molecule has 1 N–H and O–H groups in total. The molecule has 0 unspecified atom stereocenters. The zero-order valence-corrected chi connectivity index (χ0v) is 8.14. The summed E-state index contributed by atoms with van der Waals surface area (Å²) in [7, 11) is 1.44. The van der Waals surface area contributed by atoms with Crippen LogP contribution in [0.25, 0.3) is 0 Å². The van der Waals surface area contributed by atoms with E-state index in [0.29, 0.717) is 11.6 Å². The number of pyridine rings is 1. The molecule has 84 valence electrons. The Kier molecular flexibility index (Phi) is 3.76. The second-order valence-corrected chi connectivity index (χ2v) is 2.85. The third-order valence-corrected chi connectivity index (χ3v) is 1.69. The van der Waals surface area contributed by atoms with Crippen LogP contribution >= 0.6 is 0 Å². The second kappa shape index (κ2) is 4.86. The fourth-order valence-electron chi connectivity index (χ4n) is 1.01. The molecule has 0 saturated heterocycles. The fourth-order valence-corrected chi connectivity index (χ4v) is 1.01. The molecule has 1 rings (SSSR count). The first kappa shape index (κ1) is 11.6. The van der Waals surface area contributed by atoms with Gasteiger partial charge in [0.15, 0.2) is 11.6 Å². The highest BCUT2D eigenvalue weighted by molar-refractivity contribution is 5.49. The Bertz CT molecular complexity index is 314. The molecule has 0 aliphatic heterocycles. The number of rotatable bonds is 4. The van der Waals surface area contributed by atoms with E-state index in [9.17, 15) is 13.2 Å². The van der Waals surface area contributed by atoms with Crippen LogP contribution in [0.15, 0.2) is 18.3 Å². The molecule has 0 fully saturated rings. The number of aromatic nitrogens is 1. The fraction of sp³-hybridized carbons (Fsp3) is 0.444. The maximum Gasteiger partial charge on any atom is 0.390 e. The van der Waals surface area contributed by atoms with Crippen molar-refractivity contribution in [2.75, 3.05) is 19.0 Å². The predicted molar refractivity (Wildman–Crippen MR) is 50.0 cm³/mol. The van der Waals surface area contributed by atoms with Crippen LogP contribution in [0.4, 0.5) is 19.0 Å². The van der Waals surface area contributed by atoms with Gasteiger partial charge in [0.25, 0.3) is 0 Å². The Morgan fingerprint density at radius 2 is 2.20 bits per heavy atom. The van der Waals surface area contributed by atoms with Crippen LogP contribution in [-0.4, -0.2) is 24.8 Å². The summed E-state index contributed by atoms with van der Waals surface area (Å²) < 4.78 is 40.5. The van der Waals surface area contributed by atoms with Gasteiger partial charge in [-0.15, -0.1) is 0 Å². The highest BCUT2D eigenvalue weighted by Gasteiger charge is 2.26. The summed E-state index contributed by atoms with van der Waals surface area (Å²) in [5.74, 6) is 0.754. The minimum absolute atomic E-state index is 0.211.